The minimum absolute atomic E-state index is 0.00589. The van der Waals surface area contributed by atoms with Gasteiger partial charge in [-0.15, -0.1) is 0 Å². The number of fused-ring (bicyclic) bond motifs is 1. The highest BCUT2D eigenvalue weighted by Gasteiger charge is 2.44. The van der Waals surface area contributed by atoms with Gasteiger partial charge in [0.25, 0.3) is 0 Å². The number of hydrogen-bond acceptors (Lipinski definition) is 2. The first kappa shape index (κ1) is 14.8. The van der Waals surface area contributed by atoms with Crippen molar-refractivity contribution in [2.24, 2.45) is 11.8 Å². The quantitative estimate of drug-likeness (QED) is 0.900. The van der Waals surface area contributed by atoms with Crippen LogP contribution in [0.5, 0.6) is 0 Å². The van der Waals surface area contributed by atoms with Gasteiger partial charge in [0, 0.05) is 17.8 Å². The van der Waals surface area contributed by atoms with E-state index in [0.29, 0.717) is 12.8 Å². The summed E-state index contributed by atoms with van der Waals surface area (Å²) < 4.78 is 38.1. The van der Waals surface area contributed by atoms with E-state index in [0.717, 1.165) is 18.5 Å². The molecule has 3 rings (SSSR count). The zero-order valence-corrected chi connectivity index (χ0v) is 11.8. The van der Waals surface area contributed by atoms with E-state index in [1.165, 1.54) is 5.56 Å². The molecule has 1 saturated carbocycles. The summed E-state index contributed by atoms with van der Waals surface area (Å²) in [5.74, 6) is -1.22. The summed E-state index contributed by atoms with van der Waals surface area (Å²) in [6.45, 7) is 0. The predicted octanol–water partition coefficient (Wildman–Crippen LogP) is 3.84. The van der Waals surface area contributed by atoms with Gasteiger partial charge in [0.05, 0.1) is 12.0 Å². The number of halogens is 3. The summed E-state index contributed by atoms with van der Waals surface area (Å²) in [7, 11) is 0. The minimum atomic E-state index is -4.09. The molecule has 2 aliphatic carbocycles. The second-order valence-electron chi connectivity index (χ2n) is 6.34. The van der Waals surface area contributed by atoms with E-state index < -0.39 is 18.2 Å². The zero-order valence-electron chi connectivity index (χ0n) is 11.8. The van der Waals surface area contributed by atoms with Crippen LogP contribution in [0, 0.1) is 11.8 Å². The first-order valence-electron chi connectivity index (χ1n) is 7.65. The summed E-state index contributed by atoms with van der Waals surface area (Å²) in [5, 5.41) is 10.6. The normalized spacial score (nSPS) is 31.0. The molecule has 0 amide bonds. The van der Waals surface area contributed by atoms with Gasteiger partial charge in [0.15, 0.2) is 0 Å². The average molecular weight is 299 g/mol. The second kappa shape index (κ2) is 5.59. The Balaban J connectivity index is 1.64. The number of rotatable bonds is 2. The number of aromatic nitrogens is 1. The van der Waals surface area contributed by atoms with Gasteiger partial charge < -0.3 is 5.11 Å². The molecule has 0 bridgehead atoms. The van der Waals surface area contributed by atoms with Crippen molar-refractivity contribution in [1.82, 2.24) is 4.98 Å². The lowest BCUT2D eigenvalue weighted by molar-refractivity contribution is -0.186. The highest BCUT2D eigenvalue weighted by Crippen LogP contribution is 2.44. The summed E-state index contributed by atoms with van der Waals surface area (Å²) in [5.41, 5.74) is 2.12. The molecule has 2 nitrogen and oxygen atoms in total. The largest absolute Gasteiger partial charge is 0.392 e. The molecule has 1 N–H and O–H groups in total. The monoisotopic (exact) mass is 299 g/mol. The SMILES string of the molecule is OC(C1CCC(C(F)(F)F)CC1)C1CCc2cccnc21. The van der Waals surface area contributed by atoms with E-state index >= 15 is 0 Å². The van der Waals surface area contributed by atoms with Gasteiger partial charge in [-0.1, -0.05) is 6.07 Å². The average Bonchev–Trinajstić information content (AvgIpc) is 2.90. The molecule has 116 valence electrons. The minimum Gasteiger partial charge on any atom is -0.392 e. The van der Waals surface area contributed by atoms with Crippen LogP contribution in [0.15, 0.2) is 18.3 Å². The summed E-state index contributed by atoms with van der Waals surface area (Å²) in [4.78, 5) is 4.37. The molecule has 0 radical (unpaired) electrons. The molecule has 1 fully saturated rings. The van der Waals surface area contributed by atoms with Gasteiger partial charge in [-0.05, 0) is 56.1 Å². The van der Waals surface area contributed by atoms with Crippen molar-refractivity contribution < 1.29 is 18.3 Å². The molecule has 0 aromatic carbocycles. The van der Waals surface area contributed by atoms with Crippen molar-refractivity contribution in [3.63, 3.8) is 0 Å². The van der Waals surface area contributed by atoms with Crippen molar-refractivity contribution in [2.45, 2.75) is 56.7 Å². The molecule has 0 spiro atoms. The van der Waals surface area contributed by atoms with Crippen LogP contribution >= 0.6 is 0 Å². The third-order valence-corrected chi connectivity index (χ3v) is 5.13. The highest BCUT2D eigenvalue weighted by molar-refractivity contribution is 5.29. The van der Waals surface area contributed by atoms with E-state index in [1.807, 2.05) is 12.1 Å². The van der Waals surface area contributed by atoms with Crippen molar-refractivity contribution >= 4 is 0 Å². The molecule has 0 aliphatic heterocycles. The summed E-state index contributed by atoms with van der Waals surface area (Å²) >= 11 is 0. The van der Waals surface area contributed by atoms with E-state index in [-0.39, 0.29) is 24.7 Å². The zero-order chi connectivity index (χ0) is 15.0. The Hall–Kier alpha value is -1.10. The Morgan fingerprint density at radius 3 is 2.52 bits per heavy atom. The van der Waals surface area contributed by atoms with Crippen LogP contribution in [0.25, 0.3) is 0 Å². The van der Waals surface area contributed by atoms with Crippen LogP contribution < -0.4 is 0 Å². The fourth-order valence-electron chi connectivity index (χ4n) is 3.89. The number of pyridine rings is 1. The highest BCUT2D eigenvalue weighted by atomic mass is 19.4. The van der Waals surface area contributed by atoms with Crippen LogP contribution in [-0.4, -0.2) is 22.4 Å². The van der Waals surface area contributed by atoms with Crippen LogP contribution in [-0.2, 0) is 6.42 Å². The molecule has 2 unspecified atom stereocenters. The lowest BCUT2D eigenvalue weighted by Crippen LogP contribution is -2.34. The van der Waals surface area contributed by atoms with Crippen molar-refractivity contribution in [1.29, 1.82) is 0 Å². The van der Waals surface area contributed by atoms with Gasteiger partial charge >= 0.3 is 6.18 Å². The fourth-order valence-corrected chi connectivity index (χ4v) is 3.89. The van der Waals surface area contributed by atoms with Crippen LogP contribution in [0.4, 0.5) is 13.2 Å². The van der Waals surface area contributed by atoms with Crippen LogP contribution in [0.1, 0.15) is 49.3 Å². The standard InChI is InChI=1S/C16H20F3NO/c17-16(18,19)12-6-3-11(4-7-12)15(21)13-8-5-10-2-1-9-20-14(10)13/h1-2,9,11-13,15,21H,3-8H2. The maximum atomic E-state index is 12.7. The Morgan fingerprint density at radius 2 is 1.86 bits per heavy atom. The molecule has 0 saturated heterocycles. The fraction of sp³-hybridized carbons (Fsp3) is 0.688. The number of nitrogens with zero attached hydrogens (tertiary/aromatic N) is 1. The summed E-state index contributed by atoms with van der Waals surface area (Å²) in [6.07, 6.45) is 0.0566. The Bertz CT molecular complexity index is 495. The smallest absolute Gasteiger partial charge is 0.391 e. The van der Waals surface area contributed by atoms with Crippen molar-refractivity contribution in [3.8, 4) is 0 Å². The number of hydrogen-bond donors (Lipinski definition) is 1. The third-order valence-electron chi connectivity index (χ3n) is 5.13. The van der Waals surface area contributed by atoms with Gasteiger partial charge in [0.1, 0.15) is 0 Å². The summed E-state index contributed by atoms with van der Waals surface area (Å²) in [6, 6.07) is 3.91. The molecule has 2 aliphatic rings. The molecule has 1 aromatic heterocycles. The van der Waals surface area contributed by atoms with Crippen molar-refractivity contribution in [2.75, 3.05) is 0 Å². The van der Waals surface area contributed by atoms with E-state index in [2.05, 4.69) is 4.98 Å². The molecule has 1 heterocycles. The lowest BCUT2D eigenvalue weighted by atomic mass is 9.75. The number of aliphatic hydroxyl groups is 1. The lowest BCUT2D eigenvalue weighted by Gasteiger charge is -2.34. The molecule has 21 heavy (non-hydrogen) atoms. The topological polar surface area (TPSA) is 33.1 Å². The molecule has 2 atom stereocenters. The Kier molecular flexibility index (Phi) is 3.95. The molecular formula is C16H20F3NO. The Morgan fingerprint density at radius 1 is 1.14 bits per heavy atom. The third kappa shape index (κ3) is 2.93. The second-order valence-corrected chi connectivity index (χ2v) is 6.34. The first-order chi connectivity index (χ1) is 9.97. The van der Waals surface area contributed by atoms with E-state index in [1.54, 1.807) is 6.20 Å². The number of aryl methyl sites for hydroxylation is 1. The van der Waals surface area contributed by atoms with Crippen molar-refractivity contribution in [3.05, 3.63) is 29.6 Å². The van der Waals surface area contributed by atoms with Gasteiger partial charge in [-0.25, -0.2) is 0 Å². The molecule has 5 heteroatoms. The Labute approximate surface area is 122 Å². The maximum absolute atomic E-state index is 12.7. The first-order valence-corrected chi connectivity index (χ1v) is 7.65. The van der Waals surface area contributed by atoms with Gasteiger partial charge in [-0.3, -0.25) is 4.98 Å². The predicted molar refractivity (Wildman–Crippen MR) is 72.8 cm³/mol. The van der Waals surface area contributed by atoms with Crippen LogP contribution in [0.3, 0.4) is 0 Å². The molecular weight excluding hydrogens is 279 g/mol. The number of aliphatic hydroxyl groups excluding tert-OH is 1. The van der Waals surface area contributed by atoms with Gasteiger partial charge in [0.2, 0.25) is 0 Å². The molecule has 1 aromatic rings. The number of alkyl halides is 3. The van der Waals surface area contributed by atoms with E-state index in [4.69, 9.17) is 0 Å². The van der Waals surface area contributed by atoms with E-state index in [9.17, 15) is 18.3 Å². The maximum Gasteiger partial charge on any atom is 0.391 e. The van der Waals surface area contributed by atoms with Gasteiger partial charge in [-0.2, -0.15) is 13.2 Å². The van der Waals surface area contributed by atoms with Crippen LogP contribution in [0.2, 0.25) is 0 Å².